The van der Waals surface area contributed by atoms with Crippen LogP contribution in [-0.2, 0) is 0 Å². The van der Waals surface area contributed by atoms with Gasteiger partial charge in [0.15, 0.2) is 11.5 Å². The molecule has 0 saturated carbocycles. The molecule has 0 aliphatic rings. The fourth-order valence-corrected chi connectivity index (χ4v) is 1.92. The molecule has 18 heavy (non-hydrogen) atoms. The Morgan fingerprint density at radius 2 is 1.78 bits per heavy atom. The van der Waals surface area contributed by atoms with Gasteiger partial charge >= 0.3 is 0 Å². The van der Waals surface area contributed by atoms with Gasteiger partial charge < -0.3 is 14.8 Å². The highest BCUT2D eigenvalue weighted by atomic mass is 16.5. The van der Waals surface area contributed by atoms with Crippen molar-refractivity contribution in [2.24, 2.45) is 5.92 Å². The van der Waals surface area contributed by atoms with Crippen LogP contribution in [-0.4, -0.2) is 26.8 Å². The third-order valence-electron chi connectivity index (χ3n) is 3.00. The minimum Gasteiger partial charge on any atom is -0.490 e. The van der Waals surface area contributed by atoms with Crippen molar-refractivity contribution in [1.29, 1.82) is 0 Å². The molecule has 0 aliphatic heterocycles. The maximum absolute atomic E-state index is 5.82. The van der Waals surface area contributed by atoms with E-state index in [1.807, 2.05) is 38.2 Å². The standard InChI is InChI=1S/C15H25NO2/c1-4-13(12-16-3)10-11-18-15-9-7-6-8-14(15)17-5-2/h6-9,13,16H,4-5,10-12H2,1-3H3. The minimum absolute atomic E-state index is 0.664. The van der Waals surface area contributed by atoms with Gasteiger partial charge in [-0.15, -0.1) is 0 Å². The van der Waals surface area contributed by atoms with Crippen LogP contribution in [0.2, 0.25) is 0 Å². The van der Waals surface area contributed by atoms with Crippen molar-refractivity contribution in [3.05, 3.63) is 24.3 Å². The molecule has 0 saturated heterocycles. The Kier molecular flexibility index (Phi) is 7.26. The normalized spacial score (nSPS) is 12.2. The number of benzene rings is 1. The van der Waals surface area contributed by atoms with Crippen LogP contribution in [0.5, 0.6) is 11.5 Å². The fraction of sp³-hybridized carbons (Fsp3) is 0.600. The highest BCUT2D eigenvalue weighted by molar-refractivity contribution is 5.39. The van der Waals surface area contributed by atoms with Gasteiger partial charge in [0.2, 0.25) is 0 Å². The molecule has 0 heterocycles. The number of rotatable bonds is 9. The van der Waals surface area contributed by atoms with E-state index in [1.54, 1.807) is 0 Å². The third kappa shape index (κ3) is 4.96. The summed E-state index contributed by atoms with van der Waals surface area (Å²) in [4.78, 5) is 0. The second-order valence-corrected chi connectivity index (χ2v) is 4.35. The Hall–Kier alpha value is -1.22. The van der Waals surface area contributed by atoms with E-state index in [2.05, 4.69) is 12.2 Å². The molecule has 0 amide bonds. The molecule has 0 aliphatic carbocycles. The van der Waals surface area contributed by atoms with E-state index in [0.29, 0.717) is 12.5 Å². The first-order chi connectivity index (χ1) is 8.81. The first-order valence-electron chi connectivity index (χ1n) is 6.81. The van der Waals surface area contributed by atoms with Gasteiger partial charge in [0.25, 0.3) is 0 Å². The zero-order valence-electron chi connectivity index (χ0n) is 11.7. The van der Waals surface area contributed by atoms with E-state index in [-0.39, 0.29) is 0 Å². The van der Waals surface area contributed by atoms with Crippen LogP contribution in [0, 0.1) is 5.92 Å². The highest BCUT2D eigenvalue weighted by Gasteiger charge is 2.07. The summed E-state index contributed by atoms with van der Waals surface area (Å²) in [6.07, 6.45) is 2.25. The monoisotopic (exact) mass is 251 g/mol. The maximum Gasteiger partial charge on any atom is 0.161 e. The molecule has 0 aromatic heterocycles. The molecule has 1 N–H and O–H groups in total. The molecule has 102 valence electrons. The molecule has 0 fully saturated rings. The molecule has 1 aromatic rings. The quantitative estimate of drug-likeness (QED) is 0.731. The Labute approximate surface area is 110 Å². The number of ether oxygens (including phenoxy) is 2. The smallest absolute Gasteiger partial charge is 0.161 e. The summed E-state index contributed by atoms with van der Waals surface area (Å²) >= 11 is 0. The lowest BCUT2D eigenvalue weighted by Gasteiger charge is -2.16. The van der Waals surface area contributed by atoms with Gasteiger partial charge in [-0.3, -0.25) is 0 Å². The summed E-state index contributed by atoms with van der Waals surface area (Å²) in [5.41, 5.74) is 0. The summed E-state index contributed by atoms with van der Waals surface area (Å²) in [7, 11) is 1.99. The second-order valence-electron chi connectivity index (χ2n) is 4.35. The minimum atomic E-state index is 0.664. The molecular formula is C15H25NO2. The lowest BCUT2D eigenvalue weighted by Crippen LogP contribution is -2.20. The SMILES string of the molecule is CCOc1ccccc1OCCC(CC)CNC. The molecule has 1 atom stereocenters. The third-order valence-corrected chi connectivity index (χ3v) is 3.00. The van der Waals surface area contributed by atoms with Crippen molar-refractivity contribution in [3.8, 4) is 11.5 Å². The molecule has 0 bridgehead atoms. The van der Waals surface area contributed by atoms with E-state index in [1.165, 1.54) is 6.42 Å². The summed E-state index contributed by atoms with van der Waals surface area (Å²) in [5.74, 6) is 2.36. The number of hydrogen-bond donors (Lipinski definition) is 1. The molecule has 1 rings (SSSR count). The number of hydrogen-bond acceptors (Lipinski definition) is 3. The molecule has 3 heteroatoms. The second kappa shape index (κ2) is 8.81. The molecule has 0 spiro atoms. The maximum atomic E-state index is 5.82. The van der Waals surface area contributed by atoms with Gasteiger partial charge in [-0.05, 0) is 45.0 Å². The summed E-state index contributed by atoms with van der Waals surface area (Å²) in [6, 6.07) is 7.85. The van der Waals surface area contributed by atoms with Gasteiger partial charge in [-0.25, -0.2) is 0 Å². The predicted molar refractivity (Wildman–Crippen MR) is 75.4 cm³/mol. The van der Waals surface area contributed by atoms with Crippen molar-refractivity contribution in [1.82, 2.24) is 5.32 Å². The summed E-state index contributed by atoms with van der Waals surface area (Å²) in [6.45, 7) is 6.65. The van der Waals surface area contributed by atoms with Gasteiger partial charge in [0.05, 0.1) is 13.2 Å². The van der Waals surface area contributed by atoms with Crippen molar-refractivity contribution in [2.45, 2.75) is 26.7 Å². The van der Waals surface area contributed by atoms with Crippen molar-refractivity contribution in [3.63, 3.8) is 0 Å². The van der Waals surface area contributed by atoms with Crippen molar-refractivity contribution < 1.29 is 9.47 Å². The molecular weight excluding hydrogens is 226 g/mol. The van der Waals surface area contributed by atoms with Crippen LogP contribution in [0.3, 0.4) is 0 Å². The van der Waals surface area contributed by atoms with Crippen LogP contribution < -0.4 is 14.8 Å². The zero-order valence-corrected chi connectivity index (χ0v) is 11.7. The molecule has 3 nitrogen and oxygen atoms in total. The Morgan fingerprint density at radius 1 is 1.11 bits per heavy atom. The van der Waals surface area contributed by atoms with E-state index in [9.17, 15) is 0 Å². The topological polar surface area (TPSA) is 30.5 Å². The molecule has 1 aromatic carbocycles. The molecule has 0 radical (unpaired) electrons. The first-order valence-corrected chi connectivity index (χ1v) is 6.81. The van der Waals surface area contributed by atoms with Gasteiger partial charge in [-0.1, -0.05) is 25.5 Å². The van der Waals surface area contributed by atoms with Gasteiger partial charge in [0.1, 0.15) is 0 Å². The Balaban J connectivity index is 2.42. The fourth-order valence-electron chi connectivity index (χ4n) is 1.92. The molecule has 1 unspecified atom stereocenters. The van der Waals surface area contributed by atoms with E-state index < -0.39 is 0 Å². The largest absolute Gasteiger partial charge is 0.490 e. The predicted octanol–water partition coefficient (Wildman–Crippen LogP) is 3.10. The average Bonchev–Trinajstić information content (AvgIpc) is 2.40. The lowest BCUT2D eigenvalue weighted by atomic mass is 10.0. The van der Waals surface area contributed by atoms with Crippen LogP contribution in [0.15, 0.2) is 24.3 Å². The Bertz CT molecular complexity index is 328. The highest BCUT2D eigenvalue weighted by Crippen LogP contribution is 2.26. The first kappa shape index (κ1) is 14.8. The summed E-state index contributed by atoms with van der Waals surface area (Å²) in [5, 5.41) is 3.22. The average molecular weight is 251 g/mol. The number of para-hydroxylation sites is 2. The van der Waals surface area contributed by atoms with E-state index in [0.717, 1.165) is 31.1 Å². The van der Waals surface area contributed by atoms with Crippen LogP contribution in [0.25, 0.3) is 0 Å². The lowest BCUT2D eigenvalue weighted by molar-refractivity contribution is 0.251. The number of nitrogens with one attached hydrogen (secondary N) is 1. The van der Waals surface area contributed by atoms with Gasteiger partial charge in [-0.2, -0.15) is 0 Å². The van der Waals surface area contributed by atoms with Crippen molar-refractivity contribution in [2.75, 3.05) is 26.8 Å². The van der Waals surface area contributed by atoms with Crippen LogP contribution in [0.1, 0.15) is 26.7 Å². The van der Waals surface area contributed by atoms with Gasteiger partial charge in [0, 0.05) is 0 Å². The zero-order chi connectivity index (χ0) is 13.2. The van der Waals surface area contributed by atoms with Crippen molar-refractivity contribution >= 4 is 0 Å². The Morgan fingerprint density at radius 3 is 2.33 bits per heavy atom. The van der Waals surface area contributed by atoms with Crippen LogP contribution >= 0.6 is 0 Å². The van der Waals surface area contributed by atoms with Crippen LogP contribution in [0.4, 0.5) is 0 Å². The van der Waals surface area contributed by atoms with E-state index in [4.69, 9.17) is 9.47 Å². The summed E-state index contributed by atoms with van der Waals surface area (Å²) < 4.78 is 11.3. The van der Waals surface area contributed by atoms with E-state index >= 15 is 0 Å².